The van der Waals surface area contributed by atoms with Crippen LogP contribution in [0.1, 0.15) is 5.56 Å². The molecule has 1 aliphatic rings. The van der Waals surface area contributed by atoms with Crippen LogP contribution in [0.4, 0.5) is 4.39 Å². The number of rotatable bonds is 3. The number of carbonyl (C=O) groups is 1. The van der Waals surface area contributed by atoms with Gasteiger partial charge in [0.15, 0.2) is 0 Å². The Morgan fingerprint density at radius 3 is 3.06 bits per heavy atom. The van der Waals surface area contributed by atoms with Gasteiger partial charge in [-0.3, -0.25) is 0 Å². The average molecular weight is 223 g/mol. The van der Waals surface area contributed by atoms with Crippen LogP contribution in [0, 0.1) is 5.82 Å². The van der Waals surface area contributed by atoms with Crippen LogP contribution < -0.4 is 0 Å². The summed E-state index contributed by atoms with van der Waals surface area (Å²) in [5, 5.41) is 8.63. The zero-order chi connectivity index (χ0) is 11.5. The molecule has 0 bridgehead atoms. The molecular formula is C11H10FNO3. The second-order valence-corrected chi connectivity index (χ2v) is 3.52. The summed E-state index contributed by atoms with van der Waals surface area (Å²) < 4.78 is 18.0. The molecule has 5 heteroatoms. The van der Waals surface area contributed by atoms with Crippen molar-refractivity contribution < 1.29 is 19.0 Å². The van der Waals surface area contributed by atoms with Crippen molar-refractivity contribution in [3.8, 4) is 0 Å². The van der Waals surface area contributed by atoms with Gasteiger partial charge < -0.3 is 9.84 Å². The van der Waals surface area contributed by atoms with E-state index in [0.29, 0.717) is 13.0 Å². The molecule has 0 spiro atoms. The molecule has 1 aliphatic heterocycles. The van der Waals surface area contributed by atoms with Gasteiger partial charge in [-0.05, 0) is 17.7 Å². The van der Waals surface area contributed by atoms with E-state index in [-0.39, 0.29) is 17.8 Å². The monoisotopic (exact) mass is 223 g/mol. The van der Waals surface area contributed by atoms with Crippen LogP contribution in [-0.2, 0) is 16.0 Å². The predicted molar refractivity (Wildman–Crippen MR) is 54.9 cm³/mol. The number of carboxylic acid groups (broad SMARTS) is 1. The second kappa shape index (κ2) is 4.30. The molecule has 1 heterocycles. The number of nitrogens with zero attached hydrogens (tertiary/aromatic N) is 1. The maximum absolute atomic E-state index is 12.9. The molecule has 1 N–H and O–H groups in total. The first-order valence-corrected chi connectivity index (χ1v) is 4.84. The van der Waals surface area contributed by atoms with Gasteiger partial charge in [-0.25, -0.2) is 14.2 Å². The van der Waals surface area contributed by atoms with Crippen LogP contribution in [0.2, 0.25) is 0 Å². The van der Waals surface area contributed by atoms with Crippen LogP contribution in [0.15, 0.2) is 29.3 Å². The molecule has 0 aliphatic carbocycles. The Morgan fingerprint density at radius 1 is 1.62 bits per heavy atom. The van der Waals surface area contributed by atoms with Gasteiger partial charge in [-0.2, -0.15) is 0 Å². The number of aliphatic imine (C=N–C) groups is 1. The number of halogens is 1. The quantitative estimate of drug-likeness (QED) is 0.838. The van der Waals surface area contributed by atoms with Gasteiger partial charge in [-0.1, -0.05) is 12.1 Å². The number of benzene rings is 1. The molecule has 1 unspecified atom stereocenters. The number of hydrogen-bond acceptors (Lipinski definition) is 3. The van der Waals surface area contributed by atoms with Crippen molar-refractivity contribution in [3.05, 3.63) is 35.6 Å². The highest BCUT2D eigenvalue weighted by Crippen LogP contribution is 2.13. The van der Waals surface area contributed by atoms with Gasteiger partial charge in [0, 0.05) is 6.42 Å². The van der Waals surface area contributed by atoms with E-state index < -0.39 is 5.97 Å². The topological polar surface area (TPSA) is 58.9 Å². The highest BCUT2D eigenvalue weighted by molar-refractivity contribution is 6.32. The van der Waals surface area contributed by atoms with Gasteiger partial charge in [0.1, 0.15) is 11.9 Å². The van der Waals surface area contributed by atoms with Gasteiger partial charge in [-0.15, -0.1) is 0 Å². The Morgan fingerprint density at radius 2 is 2.44 bits per heavy atom. The van der Waals surface area contributed by atoms with E-state index in [4.69, 9.17) is 9.84 Å². The lowest BCUT2D eigenvalue weighted by atomic mass is 10.1. The van der Waals surface area contributed by atoms with Crippen molar-refractivity contribution in [1.29, 1.82) is 0 Å². The first-order chi connectivity index (χ1) is 7.65. The smallest absolute Gasteiger partial charge is 0.391 e. The maximum Gasteiger partial charge on any atom is 0.391 e. The Balaban J connectivity index is 1.96. The second-order valence-electron chi connectivity index (χ2n) is 3.52. The SMILES string of the molecule is O=C(O)C1=NCC(Cc2cccc(F)c2)O1. The van der Waals surface area contributed by atoms with Crippen molar-refractivity contribution in [2.45, 2.75) is 12.5 Å². The Kier molecular flexibility index (Phi) is 2.85. The molecule has 1 aromatic carbocycles. The lowest BCUT2D eigenvalue weighted by molar-refractivity contribution is -0.131. The van der Waals surface area contributed by atoms with Gasteiger partial charge in [0.2, 0.25) is 0 Å². The van der Waals surface area contributed by atoms with Crippen LogP contribution in [0.5, 0.6) is 0 Å². The van der Waals surface area contributed by atoms with Crippen molar-refractivity contribution in [1.82, 2.24) is 0 Å². The first kappa shape index (κ1) is 10.6. The molecule has 2 rings (SSSR count). The number of hydrogen-bond donors (Lipinski definition) is 1. The molecule has 0 aromatic heterocycles. The summed E-state index contributed by atoms with van der Waals surface area (Å²) in [6, 6.07) is 6.14. The van der Waals surface area contributed by atoms with E-state index in [0.717, 1.165) is 5.56 Å². The molecule has 4 nitrogen and oxygen atoms in total. The Hall–Kier alpha value is -1.91. The van der Waals surface area contributed by atoms with Crippen molar-refractivity contribution in [2.75, 3.05) is 6.54 Å². The molecule has 0 radical (unpaired) electrons. The minimum atomic E-state index is -1.17. The molecule has 0 fully saturated rings. The highest BCUT2D eigenvalue weighted by Gasteiger charge is 2.24. The van der Waals surface area contributed by atoms with E-state index in [2.05, 4.69) is 4.99 Å². The Labute approximate surface area is 91.4 Å². The van der Waals surface area contributed by atoms with Crippen LogP contribution in [-0.4, -0.2) is 29.6 Å². The fraction of sp³-hybridized carbons (Fsp3) is 0.273. The molecule has 0 amide bonds. The summed E-state index contributed by atoms with van der Waals surface area (Å²) in [5.41, 5.74) is 0.770. The summed E-state index contributed by atoms with van der Waals surface area (Å²) in [5.74, 6) is -1.74. The number of aliphatic carboxylic acids is 1. The standard InChI is InChI=1S/C11H10FNO3/c12-8-3-1-2-7(4-8)5-9-6-13-10(16-9)11(14)15/h1-4,9H,5-6H2,(H,14,15). The van der Waals surface area contributed by atoms with Crippen molar-refractivity contribution in [3.63, 3.8) is 0 Å². The van der Waals surface area contributed by atoms with Crippen molar-refractivity contribution in [2.24, 2.45) is 4.99 Å². The zero-order valence-corrected chi connectivity index (χ0v) is 8.39. The molecule has 84 valence electrons. The highest BCUT2D eigenvalue weighted by atomic mass is 19.1. The predicted octanol–water partition coefficient (Wildman–Crippen LogP) is 1.25. The van der Waals surface area contributed by atoms with E-state index in [1.165, 1.54) is 12.1 Å². The molecule has 0 saturated heterocycles. The lowest BCUT2D eigenvalue weighted by Crippen LogP contribution is -2.20. The third kappa shape index (κ3) is 2.36. The fourth-order valence-electron chi connectivity index (χ4n) is 1.57. The third-order valence-corrected chi connectivity index (χ3v) is 2.25. The van der Waals surface area contributed by atoms with Crippen LogP contribution >= 0.6 is 0 Å². The fourth-order valence-corrected chi connectivity index (χ4v) is 1.57. The van der Waals surface area contributed by atoms with Crippen LogP contribution in [0.3, 0.4) is 0 Å². The van der Waals surface area contributed by atoms with E-state index in [1.54, 1.807) is 12.1 Å². The molecule has 0 saturated carbocycles. The summed E-state index contributed by atoms with van der Waals surface area (Å²) >= 11 is 0. The summed E-state index contributed by atoms with van der Waals surface area (Å²) in [6.07, 6.45) is 0.144. The minimum Gasteiger partial charge on any atom is -0.474 e. The third-order valence-electron chi connectivity index (χ3n) is 2.25. The lowest BCUT2D eigenvalue weighted by Gasteiger charge is -2.09. The number of ether oxygens (including phenoxy) is 1. The maximum atomic E-state index is 12.9. The van der Waals surface area contributed by atoms with E-state index >= 15 is 0 Å². The summed E-state index contributed by atoms with van der Waals surface area (Å²) in [7, 11) is 0. The Bertz CT molecular complexity index is 445. The molecule has 1 aromatic rings. The first-order valence-electron chi connectivity index (χ1n) is 4.84. The molecular weight excluding hydrogens is 213 g/mol. The van der Waals surface area contributed by atoms with E-state index in [1.807, 2.05) is 0 Å². The van der Waals surface area contributed by atoms with E-state index in [9.17, 15) is 9.18 Å². The average Bonchev–Trinajstić information content (AvgIpc) is 2.66. The number of carboxylic acids is 1. The molecule has 1 atom stereocenters. The van der Waals surface area contributed by atoms with Gasteiger partial charge in [0.05, 0.1) is 6.54 Å². The minimum absolute atomic E-state index is 0.263. The zero-order valence-electron chi connectivity index (χ0n) is 8.39. The van der Waals surface area contributed by atoms with Crippen LogP contribution in [0.25, 0.3) is 0 Å². The molecule has 16 heavy (non-hydrogen) atoms. The van der Waals surface area contributed by atoms with Gasteiger partial charge in [0.25, 0.3) is 5.90 Å². The largest absolute Gasteiger partial charge is 0.474 e. The van der Waals surface area contributed by atoms with Crippen molar-refractivity contribution >= 4 is 11.9 Å². The summed E-state index contributed by atoms with van der Waals surface area (Å²) in [6.45, 7) is 0.304. The summed E-state index contributed by atoms with van der Waals surface area (Å²) in [4.78, 5) is 14.3. The van der Waals surface area contributed by atoms with Gasteiger partial charge >= 0.3 is 5.97 Å². The normalized spacial score (nSPS) is 19.1.